The standard InChI is InChI=1S/C17H22N4O2/c22-16-15(6-3-9-18-16)20-10-7-12(8-11-20)21-14-5-2-1-4-13(14)19-17(21)23/h1-2,4-5,12,15H,3,6-11H2,(H,18,22)(H,19,23). The van der Waals surface area contributed by atoms with E-state index in [1.54, 1.807) is 0 Å². The van der Waals surface area contributed by atoms with Gasteiger partial charge in [0.25, 0.3) is 0 Å². The fraction of sp³-hybridized carbons (Fsp3) is 0.529. The van der Waals surface area contributed by atoms with Gasteiger partial charge in [-0.25, -0.2) is 4.79 Å². The van der Waals surface area contributed by atoms with E-state index in [-0.39, 0.29) is 23.7 Å². The second kappa shape index (κ2) is 5.85. The minimum absolute atomic E-state index is 0.0180. The van der Waals surface area contributed by atoms with Crippen molar-refractivity contribution >= 4 is 16.9 Å². The van der Waals surface area contributed by atoms with Crippen LogP contribution in [0.1, 0.15) is 31.7 Å². The summed E-state index contributed by atoms with van der Waals surface area (Å²) in [5.74, 6) is 0.166. The van der Waals surface area contributed by atoms with Crippen LogP contribution in [0.3, 0.4) is 0 Å². The number of carbonyl (C=O) groups excluding carboxylic acids is 1. The molecule has 1 atom stereocenters. The molecule has 3 heterocycles. The van der Waals surface area contributed by atoms with Crippen molar-refractivity contribution in [3.63, 3.8) is 0 Å². The van der Waals surface area contributed by atoms with Gasteiger partial charge in [-0.3, -0.25) is 14.3 Å². The number of hydrogen-bond acceptors (Lipinski definition) is 3. The van der Waals surface area contributed by atoms with Crippen LogP contribution in [0.25, 0.3) is 11.0 Å². The summed E-state index contributed by atoms with van der Waals surface area (Å²) in [6.45, 7) is 2.54. The van der Waals surface area contributed by atoms with Crippen molar-refractivity contribution in [2.24, 2.45) is 0 Å². The minimum Gasteiger partial charge on any atom is -0.355 e. The summed E-state index contributed by atoms with van der Waals surface area (Å²) < 4.78 is 1.90. The lowest BCUT2D eigenvalue weighted by atomic mass is 9.98. The Morgan fingerprint density at radius 3 is 2.61 bits per heavy atom. The number of imidazole rings is 1. The van der Waals surface area contributed by atoms with Crippen molar-refractivity contribution in [3.8, 4) is 0 Å². The van der Waals surface area contributed by atoms with Gasteiger partial charge >= 0.3 is 5.69 Å². The zero-order valence-corrected chi connectivity index (χ0v) is 13.1. The molecule has 1 aromatic heterocycles. The molecule has 2 fully saturated rings. The third-order valence-corrected chi connectivity index (χ3v) is 5.19. The van der Waals surface area contributed by atoms with Crippen LogP contribution < -0.4 is 11.0 Å². The van der Waals surface area contributed by atoms with Crippen LogP contribution in [0.2, 0.25) is 0 Å². The fourth-order valence-electron chi connectivity index (χ4n) is 4.00. The van der Waals surface area contributed by atoms with Gasteiger partial charge in [-0.2, -0.15) is 0 Å². The van der Waals surface area contributed by atoms with E-state index in [4.69, 9.17) is 0 Å². The number of hydrogen-bond donors (Lipinski definition) is 2. The van der Waals surface area contributed by atoms with E-state index < -0.39 is 0 Å². The quantitative estimate of drug-likeness (QED) is 0.876. The van der Waals surface area contributed by atoms with Crippen molar-refractivity contribution in [3.05, 3.63) is 34.7 Å². The third-order valence-electron chi connectivity index (χ3n) is 5.19. The molecule has 0 radical (unpaired) electrons. The first-order chi connectivity index (χ1) is 11.2. The summed E-state index contributed by atoms with van der Waals surface area (Å²) in [5, 5.41) is 2.96. The SMILES string of the molecule is O=C1NCCCC1N1CCC(n2c(=O)[nH]c3ccccc32)CC1. The maximum absolute atomic E-state index is 12.3. The van der Waals surface area contributed by atoms with Gasteiger partial charge in [0.15, 0.2) is 0 Å². The molecule has 2 saturated heterocycles. The summed E-state index contributed by atoms with van der Waals surface area (Å²) in [7, 11) is 0. The number of piperidine rings is 2. The molecular weight excluding hydrogens is 292 g/mol. The van der Waals surface area contributed by atoms with Gasteiger partial charge in [-0.05, 0) is 37.8 Å². The molecule has 6 nitrogen and oxygen atoms in total. The molecular formula is C17H22N4O2. The van der Waals surface area contributed by atoms with Crippen molar-refractivity contribution in [1.29, 1.82) is 0 Å². The summed E-state index contributed by atoms with van der Waals surface area (Å²) in [4.78, 5) is 29.5. The Balaban J connectivity index is 1.52. The Morgan fingerprint density at radius 1 is 1.04 bits per heavy atom. The van der Waals surface area contributed by atoms with Crippen molar-refractivity contribution < 1.29 is 4.79 Å². The number of aromatic amines is 1. The van der Waals surface area contributed by atoms with Crippen LogP contribution in [0, 0.1) is 0 Å². The van der Waals surface area contributed by atoms with E-state index in [0.29, 0.717) is 0 Å². The number of fused-ring (bicyclic) bond motifs is 1. The highest BCUT2D eigenvalue weighted by Crippen LogP contribution is 2.27. The van der Waals surface area contributed by atoms with Crippen LogP contribution in [0.4, 0.5) is 0 Å². The summed E-state index contributed by atoms with van der Waals surface area (Å²) >= 11 is 0. The van der Waals surface area contributed by atoms with E-state index in [0.717, 1.165) is 56.4 Å². The van der Waals surface area contributed by atoms with Gasteiger partial charge in [0, 0.05) is 25.7 Å². The number of rotatable bonds is 2. The lowest BCUT2D eigenvalue weighted by Crippen LogP contribution is -2.53. The molecule has 2 aliphatic rings. The smallest absolute Gasteiger partial charge is 0.326 e. The number of para-hydroxylation sites is 2. The molecule has 4 rings (SSSR count). The lowest BCUT2D eigenvalue weighted by Gasteiger charge is -2.38. The van der Waals surface area contributed by atoms with Crippen molar-refractivity contribution in [1.82, 2.24) is 19.8 Å². The molecule has 0 spiro atoms. The molecule has 0 bridgehead atoms. The Morgan fingerprint density at radius 2 is 1.83 bits per heavy atom. The van der Waals surface area contributed by atoms with E-state index in [1.807, 2.05) is 28.8 Å². The van der Waals surface area contributed by atoms with Gasteiger partial charge in [-0.15, -0.1) is 0 Å². The molecule has 1 amide bonds. The summed E-state index contributed by atoms with van der Waals surface area (Å²) in [6.07, 6.45) is 3.82. The third kappa shape index (κ3) is 2.57. The van der Waals surface area contributed by atoms with Crippen LogP contribution in [-0.2, 0) is 4.79 Å². The molecule has 23 heavy (non-hydrogen) atoms. The Labute approximate surface area is 134 Å². The molecule has 6 heteroatoms. The molecule has 2 N–H and O–H groups in total. The maximum Gasteiger partial charge on any atom is 0.326 e. The van der Waals surface area contributed by atoms with Gasteiger partial charge in [0.1, 0.15) is 0 Å². The van der Waals surface area contributed by atoms with Gasteiger partial charge < -0.3 is 10.3 Å². The zero-order chi connectivity index (χ0) is 15.8. The number of benzene rings is 1. The molecule has 2 aliphatic heterocycles. The van der Waals surface area contributed by atoms with Gasteiger partial charge in [0.05, 0.1) is 17.1 Å². The van der Waals surface area contributed by atoms with Gasteiger partial charge in [0.2, 0.25) is 5.91 Å². The maximum atomic E-state index is 12.3. The number of likely N-dealkylation sites (tertiary alicyclic amines) is 1. The first-order valence-electron chi connectivity index (χ1n) is 8.45. The number of nitrogens with one attached hydrogen (secondary N) is 2. The zero-order valence-electron chi connectivity index (χ0n) is 13.1. The largest absolute Gasteiger partial charge is 0.355 e. The van der Waals surface area contributed by atoms with E-state index in [2.05, 4.69) is 15.2 Å². The molecule has 122 valence electrons. The van der Waals surface area contributed by atoms with E-state index in [9.17, 15) is 9.59 Å². The van der Waals surface area contributed by atoms with Gasteiger partial charge in [-0.1, -0.05) is 12.1 Å². The molecule has 0 saturated carbocycles. The molecule has 1 unspecified atom stereocenters. The number of aromatic nitrogens is 2. The highest BCUT2D eigenvalue weighted by atomic mass is 16.2. The molecule has 0 aliphatic carbocycles. The van der Waals surface area contributed by atoms with Crippen LogP contribution in [0.15, 0.2) is 29.1 Å². The number of carbonyl (C=O) groups is 1. The highest BCUT2D eigenvalue weighted by Gasteiger charge is 2.32. The van der Waals surface area contributed by atoms with E-state index >= 15 is 0 Å². The minimum atomic E-state index is -0.0277. The van der Waals surface area contributed by atoms with Crippen LogP contribution in [-0.4, -0.2) is 46.0 Å². The number of H-pyrrole nitrogens is 1. The Kier molecular flexibility index (Phi) is 3.69. The van der Waals surface area contributed by atoms with Crippen LogP contribution in [0.5, 0.6) is 0 Å². The van der Waals surface area contributed by atoms with Crippen molar-refractivity contribution in [2.45, 2.75) is 37.8 Å². The summed E-state index contributed by atoms with van der Waals surface area (Å²) in [5.41, 5.74) is 1.85. The Bertz CT molecular complexity index is 770. The molecule has 1 aromatic carbocycles. The predicted molar refractivity (Wildman–Crippen MR) is 88.4 cm³/mol. The monoisotopic (exact) mass is 314 g/mol. The lowest BCUT2D eigenvalue weighted by molar-refractivity contribution is -0.128. The first-order valence-corrected chi connectivity index (χ1v) is 8.45. The fourth-order valence-corrected chi connectivity index (χ4v) is 4.00. The second-order valence-corrected chi connectivity index (χ2v) is 6.53. The number of amides is 1. The van der Waals surface area contributed by atoms with Crippen molar-refractivity contribution in [2.75, 3.05) is 19.6 Å². The molecule has 2 aromatic rings. The first kappa shape index (κ1) is 14.5. The number of nitrogens with zero attached hydrogens (tertiary/aromatic N) is 2. The highest BCUT2D eigenvalue weighted by molar-refractivity contribution is 5.82. The van der Waals surface area contributed by atoms with Crippen LogP contribution >= 0.6 is 0 Å². The normalized spacial score (nSPS) is 24.0. The second-order valence-electron chi connectivity index (χ2n) is 6.53. The summed E-state index contributed by atoms with van der Waals surface area (Å²) in [6, 6.07) is 8.06. The Hall–Kier alpha value is -2.08. The topological polar surface area (TPSA) is 70.1 Å². The average molecular weight is 314 g/mol. The average Bonchev–Trinajstić information content (AvgIpc) is 2.91. The van der Waals surface area contributed by atoms with E-state index in [1.165, 1.54) is 0 Å². The predicted octanol–water partition coefficient (Wildman–Crippen LogP) is 1.25.